The van der Waals surface area contributed by atoms with E-state index < -0.39 is 11.9 Å². The second-order valence-corrected chi connectivity index (χ2v) is 8.65. The van der Waals surface area contributed by atoms with E-state index in [0.29, 0.717) is 11.3 Å². The molecule has 0 amide bonds. The van der Waals surface area contributed by atoms with Gasteiger partial charge in [0.25, 0.3) is 0 Å². The van der Waals surface area contributed by atoms with Gasteiger partial charge >= 0.3 is 11.9 Å². The second-order valence-electron chi connectivity index (χ2n) is 8.65. The van der Waals surface area contributed by atoms with Crippen molar-refractivity contribution in [2.75, 3.05) is 0 Å². The van der Waals surface area contributed by atoms with Crippen LogP contribution < -0.4 is 0 Å². The molecule has 32 heavy (non-hydrogen) atoms. The summed E-state index contributed by atoms with van der Waals surface area (Å²) < 4.78 is 15.5. The van der Waals surface area contributed by atoms with E-state index in [4.69, 9.17) is 13.9 Å². The molecule has 5 heteroatoms. The molecule has 2 heterocycles. The maximum absolute atomic E-state index is 11.8. The smallest absolute Gasteiger partial charge is 0.343 e. The number of furan rings is 1. The van der Waals surface area contributed by atoms with E-state index in [1.807, 2.05) is 18.4 Å². The molecule has 174 valence electrons. The van der Waals surface area contributed by atoms with Crippen LogP contribution in [-0.2, 0) is 25.5 Å². The Morgan fingerprint density at radius 2 is 1.84 bits per heavy atom. The minimum Gasteiger partial charge on any atom is -0.472 e. The first kappa shape index (κ1) is 25.4. The van der Waals surface area contributed by atoms with Crippen LogP contribution in [-0.4, -0.2) is 11.9 Å². The normalized spacial score (nSPS) is 17.2. The van der Waals surface area contributed by atoms with Gasteiger partial charge in [0.2, 0.25) is 0 Å². The molecular weight excluding hydrogens is 404 g/mol. The Labute approximate surface area is 191 Å². The molecule has 0 aromatic carbocycles. The van der Waals surface area contributed by atoms with Gasteiger partial charge in [-0.15, -0.1) is 0 Å². The Hall–Kier alpha value is -2.82. The molecule has 1 aliphatic heterocycles. The summed E-state index contributed by atoms with van der Waals surface area (Å²) in [6, 6.07) is 2.03. The number of carbonyl (C=O) groups is 2. The quantitative estimate of drug-likeness (QED) is 0.259. The second kappa shape index (κ2) is 12.9. The molecule has 0 unspecified atom stereocenters. The van der Waals surface area contributed by atoms with Gasteiger partial charge < -0.3 is 13.9 Å². The molecule has 0 aliphatic carbocycles. The standard InChI is InChI=1S/C27H36O5/c1-19(9-6-10-20(2)12-8-14-24-15-16-30-18-24)11-7-13-21(3)17-25-26(31-23(5)28)22(4)27(29)32-25/h10-11,15-18,21H,6-9,12-14H2,1-5H3/b19-11-,20-10+,25-17-/t21-/m1/s1. The first-order valence-corrected chi connectivity index (χ1v) is 11.4. The van der Waals surface area contributed by atoms with Crippen molar-refractivity contribution < 1.29 is 23.5 Å². The highest BCUT2D eigenvalue weighted by Gasteiger charge is 2.29. The number of hydrogen-bond donors (Lipinski definition) is 0. The minimum absolute atomic E-state index is 0.190. The van der Waals surface area contributed by atoms with Gasteiger partial charge in [-0.3, -0.25) is 4.79 Å². The third-order valence-electron chi connectivity index (χ3n) is 5.52. The minimum atomic E-state index is -0.461. The van der Waals surface area contributed by atoms with Crippen LogP contribution in [0, 0.1) is 5.92 Å². The Morgan fingerprint density at radius 1 is 1.12 bits per heavy atom. The van der Waals surface area contributed by atoms with Crippen molar-refractivity contribution in [2.45, 2.75) is 79.6 Å². The predicted molar refractivity (Wildman–Crippen MR) is 125 cm³/mol. The van der Waals surface area contributed by atoms with Gasteiger partial charge in [-0.05, 0) is 89.3 Å². The molecule has 0 saturated heterocycles. The lowest BCUT2D eigenvalue weighted by Gasteiger charge is -2.09. The van der Waals surface area contributed by atoms with Gasteiger partial charge in [-0.1, -0.05) is 30.2 Å². The van der Waals surface area contributed by atoms with Crippen molar-refractivity contribution in [3.8, 4) is 0 Å². The van der Waals surface area contributed by atoms with Crippen molar-refractivity contribution in [3.05, 3.63) is 70.6 Å². The lowest BCUT2D eigenvalue weighted by atomic mass is 10.0. The third-order valence-corrected chi connectivity index (χ3v) is 5.52. The Balaban J connectivity index is 1.72. The van der Waals surface area contributed by atoms with Gasteiger partial charge in [0.1, 0.15) is 0 Å². The van der Waals surface area contributed by atoms with E-state index >= 15 is 0 Å². The van der Waals surface area contributed by atoms with E-state index in [2.05, 4.69) is 32.9 Å². The number of cyclic esters (lactones) is 1. The molecule has 2 rings (SSSR count). The SMILES string of the molecule is CC(=O)OC1=C(C)C(=O)O/C1=C\[C@H](C)CC/C=C(/C)CC/C=C(\C)CCCc1ccoc1. The predicted octanol–water partition coefficient (Wildman–Crippen LogP) is 6.97. The molecule has 0 bridgehead atoms. The van der Waals surface area contributed by atoms with Crippen molar-refractivity contribution in [2.24, 2.45) is 5.92 Å². The molecule has 1 aliphatic rings. The fourth-order valence-corrected chi connectivity index (χ4v) is 3.57. The molecule has 0 spiro atoms. The molecule has 1 atom stereocenters. The highest BCUT2D eigenvalue weighted by molar-refractivity contribution is 5.94. The molecule has 0 saturated carbocycles. The Bertz CT molecular complexity index is 896. The molecule has 0 N–H and O–H groups in total. The highest BCUT2D eigenvalue weighted by Crippen LogP contribution is 2.29. The molecule has 5 nitrogen and oxygen atoms in total. The number of rotatable bonds is 12. The number of esters is 2. The molecule has 1 aromatic heterocycles. The van der Waals surface area contributed by atoms with Crippen LogP contribution in [0.25, 0.3) is 0 Å². The fraction of sp³-hybridized carbons (Fsp3) is 0.481. The number of allylic oxidation sites excluding steroid dienone is 5. The van der Waals surface area contributed by atoms with Crippen LogP contribution in [0.3, 0.4) is 0 Å². The molecule has 1 aromatic rings. The molecule has 0 fully saturated rings. The summed E-state index contributed by atoms with van der Waals surface area (Å²) in [4.78, 5) is 23.1. The Kier molecular flexibility index (Phi) is 10.3. The molecular formula is C27H36O5. The van der Waals surface area contributed by atoms with Crippen molar-refractivity contribution in [1.82, 2.24) is 0 Å². The summed E-state index contributed by atoms with van der Waals surface area (Å²) in [5.41, 5.74) is 4.43. The lowest BCUT2D eigenvalue weighted by Crippen LogP contribution is -2.02. The van der Waals surface area contributed by atoms with Gasteiger partial charge in [0.15, 0.2) is 11.5 Å². The topological polar surface area (TPSA) is 65.7 Å². The monoisotopic (exact) mass is 440 g/mol. The largest absolute Gasteiger partial charge is 0.472 e. The first-order chi connectivity index (χ1) is 15.3. The van der Waals surface area contributed by atoms with E-state index in [-0.39, 0.29) is 11.7 Å². The number of aryl methyl sites for hydroxylation is 1. The van der Waals surface area contributed by atoms with Gasteiger partial charge in [0.05, 0.1) is 18.1 Å². The number of carbonyl (C=O) groups excluding carboxylic acids is 2. The van der Waals surface area contributed by atoms with E-state index in [1.165, 1.54) is 23.6 Å². The van der Waals surface area contributed by atoms with E-state index in [0.717, 1.165) is 44.9 Å². The zero-order valence-electron chi connectivity index (χ0n) is 20.0. The van der Waals surface area contributed by atoms with Crippen LogP contribution in [0.5, 0.6) is 0 Å². The zero-order chi connectivity index (χ0) is 23.5. The maximum Gasteiger partial charge on any atom is 0.343 e. The van der Waals surface area contributed by atoms with Crippen LogP contribution in [0.4, 0.5) is 0 Å². The van der Waals surface area contributed by atoms with Gasteiger partial charge in [0, 0.05) is 6.92 Å². The zero-order valence-corrected chi connectivity index (χ0v) is 20.0. The number of hydrogen-bond acceptors (Lipinski definition) is 5. The first-order valence-electron chi connectivity index (χ1n) is 11.4. The van der Waals surface area contributed by atoms with E-state index in [9.17, 15) is 9.59 Å². The third kappa shape index (κ3) is 8.74. The summed E-state index contributed by atoms with van der Waals surface area (Å²) in [5.74, 6) is -0.134. The van der Waals surface area contributed by atoms with Gasteiger partial charge in [-0.2, -0.15) is 0 Å². The summed E-state index contributed by atoms with van der Waals surface area (Å²) >= 11 is 0. The summed E-state index contributed by atoms with van der Waals surface area (Å²) in [5, 5.41) is 0. The lowest BCUT2D eigenvalue weighted by molar-refractivity contribution is -0.137. The van der Waals surface area contributed by atoms with Crippen molar-refractivity contribution in [1.29, 1.82) is 0 Å². The van der Waals surface area contributed by atoms with Crippen LogP contribution in [0.2, 0.25) is 0 Å². The van der Waals surface area contributed by atoms with Crippen molar-refractivity contribution >= 4 is 11.9 Å². The molecule has 0 radical (unpaired) electrons. The summed E-state index contributed by atoms with van der Waals surface area (Å²) in [6.45, 7) is 9.37. The van der Waals surface area contributed by atoms with Crippen molar-refractivity contribution in [3.63, 3.8) is 0 Å². The maximum atomic E-state index is 11.8. The van der Waals surface area contributed by atoms with E-state index in [1.54, 1.807) is 13.2 Å². The Morgan fingerprint density at radius 3 is 2.53 bits per heavy atom. The number of ether oxygens (including phenoxy) is 2. The highest BCUT2D eigenvalue weighted by atomic mass is 16.6. The van der Waals surface area contributed by atoms with Crippen LogP contribution in [0.1, 0.15) is 78.7 Å². The summed E-state index contributed by atoms with van der Waals surface area (Å²) in [6.07, 6.45) is 17.4. The summed E-state index contributed by atoms with van der Waals surface area (Å²) in [7, 11) is 0. The fourth-order valence-electron chi connectivity index (χ4n) is 3.57. The van der Waals surface area contributed by atoms with Gasteiger partial charge in [-0.25, -0.2) is 4.79 Å². The van der Waals surface area contributed by atoms with Crippen LogP contribution in [0.15, 0.2) is 69.5 Å². The average Bonchev–Trinajstić information content (AvgIpc) is 3.32. The average molecular weight is 441 g/mol. The van der Waals surface area contributed by atoms with Crippen LogP contribution >= 0.6 is 0 Å².